The zero-order valence-corrected chi connectivity index (χ0v) is 13.8. The third-order valence-electron chi connectivity index (χ3n) is 2.67. The molecule has 0 saturated heterocycles. The lowest BCUT2D eigenvalue weighted by Crippen LogP contribution is -2.24. The van der Waals surface area contributed by atoms with Gasteiger partial charge in [-0.1, -0.05) is 20.8 Å². The summed E-state index contributed by atoms with van der Waals surface area (Å²) in [5.41, 5.74) is 0.875. The standard InChI is InChI=1S/C13H15IN4O2/c1-13(2,3)10-9(14)12(19)18-11(17-10)7-5-8(20-4)16-6-15-7/h5-6H,1-4H3,(H,17,18,19). The molecule has 0 radical (unpaired) electrons. The highest BCUT2D eigenvalue weighted by molar-refractivity contribution is 14.1. The highest BCUT2D eigenvalue weighted by Gasteiger charge is 2.22. The van der Waals surface area contributed by atoms with Gasteiger partial charge in [0, 0.05) is 11.5 Å². The van der Waals surface area contributed by atoms with Crippen molar-refractivity contribution in [3.8, 4) is 17.4 Å². The molecule has 0 bridgehead atoms. The van der Waals surface area contributed by atoms with Gasteiger partial charge >= 0.3 is 0 Å². The van der Waals surface area contributed by atoms with Crippen molar-refractivity contribution in [2.24, 2.45) is 0 Å². The summed E-state index contributed by atoms with van der Waals surface area (Å²) >= 11 is 2.02. The zero-order valence-electron chi connectivity index (χ0n) is 11.7. The number of nitrogens with one attached hydrogen (secondary N) is 1. The van der Waals surface area contributed by atoms with E-state index in [1.807, 2.05) is 43.4 Å². The largest absolute Gasteiger partial charge is 0.481 e. The summed E-state index contributed by atoms with van der Waals surface area (Å²) in [6.45, 7) is 6.05. The molecule has 0 aliphatic carbocycles. The summed E-state index contributed by atoms with van der Waals surface area (Å²) in [7, 11) is 1.52. The third-order valence-corrected chi connectivity index (χ3v) is 3.67. The molecule has 0 amide bonds. The highest BCUT2D eigenvalue weighted by Crippen LogP contribution is 2.25. The lowest BCUT2D eigenvalue weighted by atomic mass is 9.92. The van der Waals surface area contributed by atoms with Crippen molar-refractivity contribution in [2.75, 3.05) is 7.11 Å². The van der Waals surface area contributed by atoms with Crippen molar-refractivity contribution in [1.82, 2.24) is 19.9 Å². The molecule has 0 spiro atoms. The number of H-pyrrole nitrogens is 1. The summed E-state index contributed by atoms with van der Waals surface area (Å²) < 4.78 is 5.65. The van der Waals surface area contributed by atoms with E-state index in [1.165, 1.54) is 13.4 Å². The van der Waals surface area contributed by atoms with E-state index >= 15 is 0 Å². The van der Waals surface area contributed by atoms with E-state index in [9.17, 15) is 4.79 Å². The van der Waals surface area contributed by atoms with Crippen LogP contribution in [-0.2, 0) is 5.41 Å². The van der Waals surface area contributed by atoms with Gasteiger partial charge in [-0.05, 0) is 22.6 Å². The van der Waals surface area contributed by atoms with Gasteiger partial charge in [0.1, 0.15) is 15.6 Å². The minimum absolute atomic E-state index is 0.168. The van der Waals surface area contributed by atoms with Gasteiger partial charge in [-0.3, -0.25) is 4.79 Å². The van der Waals surface area contributed by atoms with Crippen LogP contribution in [0, 0.1) is 3.57 Å². The van der Waals surface area contributed by atoms with Gasteiger partial charge in [0.15, 0.2) is 5.82 Å². The molecular formula is C13H15IN4O2. The molecule has 0 saturated carbocycles. The van der Waals surface area contributed by atoms with Crippen molar-refractivity contribution >= 4 is 22.6 Å². The number of methoxy groups -OCH3 is 1. The number of aromatic amines is 1. The average molecular weight is 386 g/mol. The van der Waals surface area contributed by atoms with E-state index in [0.717, 1.165) is 5.69 Å². The molecule has 7 heteroatoms. The first-order valence-corrected chi connectivity index (χ1v) is 7.07. The topological polar surface area (TPSA) is 80.8 Å². The van der Waals surface area contributed by atoms with Gasteiger partial charge in [-0.15, -0.1) is 0 Å². The lowest BCUT2D eigenvalue weighted by molar-refractivity contribution is 0.397. The molecule has 2 aromatic heterocycles. The molecule has 6 nitrogen and oxygen atoms in total. The Kier molecular flexibility index (Phi) is 4.07. The Labute approximate surface area is 130 Å². The number of hydrogen-bond donors (Lipinski definition) is 1. The van der Waals surface area contributed by atoms with Crippen LogP contribution in [0.4, 0.5) is 0 Å². The molecule has 106 valence electrons. The van der Waals surface area contributed by atoms with Crippen LogP contribution in [-0.4, -0.2) is 27.0 Å². The van der Waals surface area contributed by atoms with Crippen molar-refractivity contribution in [3.05, 3.63) is 32.0 Å². The Morgan fingerprint density at radius 3 is 2.60 bits per heavy atom. The lowest BCUT2D eigenvalue weighted by Gasteiger charge is -2.19. The van der Waals surface area contributed by atoms with Crippen LogP contribution >= 0.6 is 22.6 Å². The SMILES string of the molecule is COc1cc(-c2nc(C(C)(C)C)c(I)c(=O)[nH]2)ncn1. The maximum atomic E-state index is 12.1. The van der Waals surface area contributed by atoms with Crippen LogP contribution < -0.4 is 10.3 Å². The van der Waals surface area contributed by atoms with E-state index < -0.39 is 0 Å². The first kappa shape index (κ1) is 14.9. The quantitative estimate of drug-likeness (QED) is 0.800. The fourth-order valence-corrected chi connectivity index (χ4v) is 2.72. The van der Waals surface area contributed by atoms with Crippen LogP contribution in [0.15, 0.2) is 17.2 Å². The van der Waals surface area contributed by atoms with E-state index in [0.29, 0.717) is 21.0 Å². The molecule has 2 aromatic rings. The summed E-state index contributed by atoms with van der Waals surface area (Å²) in [4.78, 5) is 27.4. The molecule has 0 fully saturated rings. The maximum absolute atomic E-state index is 12.1. The van der Waals surface area contributed by atoms with Gasteiger partial charge in [-0.25, -0.2) is 15.0 Å². The maximum Gasteiger partial charge on any atom is 0.264 e. The molecule has 0 unspecified atom stereocenters. The highest BCUT2D eigenvalue weighted by atomic mass is 127. The van der Waals surface area contributed by atoms with Crippen LogP contribution in [0.25, 0.3) is 11.5 Å². The number of nitrogens with zero attached hydrogens (tertiary/aromatic N) is 3. The number of rotatable bonds is 2. The minimum atomic E-state index is -0.226. The molecule has 0 aliphatic rings. The third kappa shape index (κ3) is 2.97. The van der Waals surface area contributed by atoms with Gasteiger partial charge < -0.3 is 9.72 Å². The van der Waals surface area contributed by atoms with Crippen LogP contribution in [0.1, 0.15) is 26.5 Å². The van der Waals surface area contributed by atoms with E-state index in [-0.39, 0.29) is 11.0 Å². The van der Waals surface area contributed by atoms with Crippen molar-refractivity contribution in [3.63, 3.8) is 0 Å². The molecule has 2 rings (SSSR count). The first-order valence-electron chi connectivity index (χ1n) is 5.99. The molecule has 0 atom stereocenters. The first-order chi connectivity index (χ1) is 9.32. The number of halogens is 1. The second kappa shape index (κ2) is 5.47. The Morgan fingerprint density at radius 1 is 1.30 bits per heavy atom. The van der Waals surface area contributed by atoms with Crippen molar-refractivity contribution in [1.29, 1.82) is 0 Å². The predicted octanol–water partition coefficient (Wildman–Crippen LogP) is 2.14. The van der Waals surface area contributed by atoms with Gasteiger partial charge in [0.25, 0.3) is 5.56 Å². The number of ether oxygens (including phenoxy) is 1. The summed E-state index contributed by atoms with van der Waals surface area (Å²) in [6.07, 6.45) is 1.38. The monoisotopic (exact) mass is 386 g/mol. The Balaban J connectivity index is 2.64. The second-order valence-corrected chi connectivity index (χ2v) is 6.35. The smallest absolute Gasteiger partial charge is 0.264 e. The van der Waals surface area contributed by atoms with Crippen LogP contribution in [0.3, 0.4) is 0 Å². The number of aromatic nitrogens is 4. The van der Waals surface area contributed by atoms with E-state index in [1.54, 1.807) is 6.07 Å². The second-order valence-electron chi connectivity index (χ2n) is 5.27. The fraction of sp³-hybridized carbons (Fsp3) is 0.385. The fourth-order valence-electron chi connectivity index (χ4n) is 1.66. The normalized spacial score (nSPS) is 11.4. The van der Waals surface area contributed by atoms with Gasteiger partial charge in [0.05, 0.1) is 12.8 Å². The van der Waals surface area contributed by atoms with Crippen LogP contribution in [0.5, 0.6) is 5.88 Å². The van der Waals surface area contributed by atoms with E-state index in [2.05, 4.69) is 19.9 Å². The summed E-state index contributed by atoms with van der Waals surface area (Å²) in [6, 6.07) is 1.64. The van der Waals surface area contributed by atoms with Gasteiger partial charge in [-0.2, -0.15) is 0 Å². The molecule has 20 heavy (non-hydrogen) atoms. The van der Waals surface area contributed by atoms with Crippen molar-refractivity contribution < 1.29 is 4.74 Å². The van der Waals surface area contributed by atoms with Gasteiger partial charge in [0.2, 0.25) is 5.88 Å². The molecule has 0 aliphatic heterocycles. The summed E-state index contributed by atoms with van der Waals surface area (Å²) in [5, 5.41) is 0. The zero-order chi connectivity index (χ0) is 14.9. The minimum Gasteiger partial charge on any atom is -0.481 e. The summed E-state index contributed by atoms with van der Waals surface area (Å²) in [5.74, 6) is 0.842. The molecule has 0 aromatic carbocycles. The number of hydrogen-bond acceptors (Lipinski definition) is 5. The predicted molar refractivity (Wildman–Crippen MR) is 83.9 cm³/mol. The molecular weight excluding hydrogens is 371 g/mol. The van der Waals surface area contributed by atoms with Crippen LogP contribution in [0.2, 0.25) is 0 Å². The van der Waals surface area contributed by atoms with Crippen molar-refractivity contribution in [2.45, 2.75) is 26.2 Å². The Morgan fingerprint density at radius 2 is 2.00 bits per heavy atom. The molecule has 2 heterocycles. The van der Waals surface area contributed by atoms with E-state index in [4.69, 9.17) is 4.74 Å². The Hall–Kier alpha value is -1.51. The Bertz CT molecular complexity index is 692. The average Bonchev–Trinajstić information content (AvgIpc) is 2.40. The molecule has 1 N–H and O–H groups in total.